The Bertz CT molecular complexity index is 1150. The van der Waals surface area contributed by atoms with E-state index in [4.69, 9.17) is 9.88 Å². The number of sulfonamides is 1. The molecule has 0 aliphatic heterocycles. The third-order valence-electron chi connectivity index (χ3n) is 4.37. The number of hydrogen-bond acceptors (Lipinski definition) is 6. The van der Waals surface area contributed by atoms with E-state index in [2.05, 4.69) is 4.98 Å². The van der Waals surface area contributed by atoms with Gasteiger partial charge in [-0.2, -0.15) is 0 Å². The van der Waals surface area contributed by atoms with Gasteiger partial charge in [0.1, 0.15) is 5.75 Å². The minimum absolute atomic E-state index is 0.00905. The normalized spacial score (nSPS) is 11.7. The van der Waals surface area contributed by atoms with E-state index in [1.165, 1.54) is 30.8 Å². The molecule has 28 heavy (non-hydrogen) atoms. The lowest BCUT2D eigenvalue weighted by atomic mass is 10.1. The number of ketones is 1. The number of nitrogens with zero attached hydrogens (tertiary/aromatic N) is 2. The highest BCUT2D eigenvalue weighted by atomic mass is 32.2. The van der Waals surface area contributed by atoms with Gasteiger partial charge in [0, 0.05) is 23.4 Å². The van der Waals surface area contributed by atoms with Crippen LogP contribution in [0, 0.1) is 0 Å². The largest absolute Gasteiger partial charge is 0.496 e. The van der Waals surface area contributed by atoms with Crippen LogP contribution in [0.25, 0.3) is 11.0 Å². The number of carbonyl (C=O) groups is 1. The number of ether oxygens (including phenoxy) is 1. The van der Waals surface area contributed by atoms with E-state index in [0.29, 0.717) is 29.1 Å². The SMILES string of the molecule is CCn1c(SCc2cc(C(C)=O)ccc2OC)nc2cc(S(N)(=O)=O)ccc21. The summed E-state index contributed by atoms with van der Waals surface area (Å²) in [6, 6.07) is 10.0. The van der Waals surface area contributed by atoms with E-state index < -0.39 is 10.0 Å². The summed E-state index contributed by atoms with van der Waals surface area (Å²) >= 11 is 1.49. The number of aromatic nitrogens is 2. The lowest BCUT2D eigenvalue weighted by molar-refractivity contribution is 0.101. The molecule has 0 aliphatic carbocycles. The molecule has 3 aromatic rings. The monoisotopic (exact) mass is 419 g/mol. The van der Waals surface area contributed by atoms with Crippen LogP contribution in [0.1, 0.15) is 29.8 Å². The predicted molar refractivity (Wildman–Crippen MR) is 109 cm³/mol. The van der Waals surface area contributed by atoms with E-state index in [9.17, 15) is 13.2 Å². The van der Waals surface area contributed by atoms with Gasteiger partial charge in [-0.1, -0.05) is 11.8 Å². The quantitative estimate of drug-likeness (QED) is 0.466. The fourth-order valence-electron chi connectivity index (χ4n) is 2.93. The number of primary sulfonamides is 1. The zero-order valence-electron chi connectivity index (χ0n) is 15.8. The summed E-state index contributed by atoms with van der Waals surface area (Å²) in [4.78, 5) is 16.3. The number of benzene rings is 2. The molecule has 148 valence electrons. The van der Waals surface area contributed by atoms with Gasteiger partial charge < -0.3 is 9.30 Å². The molecule has 0 unspecified atom stereocenters. The van der Waals surface area contributed by atoms with Gasteiger partial charge >= 0.3 is 0 Å². The Morgan fingerprint density at radius 2 is 2.00 bits per heavy atom. The van der Waals surface area contributed by atoms with E-state index in [1.807, 2.05) is 17.6 Å². The summed E-state index contributed by atoms with van der Waals surface area (Å²) in [6.45, 7) is 4.20. The van der Waals surface area contributed by atoms with Gasteiger partial charge in [-0.25, -0.2) is 18.5 Å². The van der Waals surface area contributed by atoms with Crippen LogP contribution in [0.2, 0.25) is 0 Å². The van der Waals surface area contributed by atoms with E-state index >= 15 is 0 Å². The van der Waals surface area contributed by atoms with Crippen LogP contribution < -0.4 is 9.88 Å². The van der Waals surface area contributed by atoms with Crippen molar-refractivity contribution in [3.05, 3.63) is 47.5 Å². The molecular weight excluding hydrogens is 398 g/mol. The number of thioether (sulfide) groups is 1. The smallest absolute Gasteiger partial charge is 0.238 e. The molecule has 9 heteroatoms. The van der Waals surface area contributed by atoms with Gasteiger partial charge in [0.2, 0.25) is 10.0 Å². The minimum atomic E-state index is -3.79. The summed E-state index contributed by atoms with van der Waals surface area (Å²) in [7, 11) is -2.20. The van der Waals surface area contributed by atoms with Gasteiger partial charge in [0.05, 0.1) is 23.0 Å². The van der Waals surface area contributed by atoms with Gasteiger partial charge in [0.15, 0.2) is 10.9 Å². The minimum Gasteiger partial charge on any atom is -0.496 e. The Kier molecular flexibility index (Phi) is 5.78. The zero-order valence-corrected chi connectivity index (χ0v) is 17.4. The Morgan fingerprint density at radius 3 is 2.61 bits per heavy atom. The first-order valence-electron chi connectivity index (χ1n) is 8.58. The average Bonchev–Trinajstić information content (AvgIpc) is 3.01. The molecule has 1 aromatic heterocycles. The van der Waals surface area contributed by atoms with E-state index in [0.717, 1.165) is 16.2 Å². The lowest BCUT2D eigenvalue weighted by Crippen LogP contribution is -2.11. The van der Waals surface area contributed by atoms with Crippen molar-refractivity contribution >= 4 is 38.6 Å². The molecule has 0 amide bonds. The molecule has 2 N–H and O–H groups in total. The second-order valence-corrected chi connectivity index (χ2v) is 8.71. The highest BCUT2D eigenvalue weighted by Crippen LogP contribution is 2.31. The molecule has 0 aliphatic rings. The van der Waals surface area contributed by atoms with E-state index in [-0.39, 0.29) is 10.7 Å². The molecule has 0 saturated carbocycles. The van der Waals surface area contributed by atoms with Crippen molar-refractivity contribution in [1.82, 2.24) is 9.55 Å². The molecular formula is C19H21N3O4S2. The van der Waals surface area contributed by atoms with E-state index in [1.54, 1.807) is 25.3 Å². The van der Waals surface area contributed by atoms with Gasteiger partial charge in [-0.15, -0.1) is 0 Å². The van der Waals surface area contributed by atoms with Crippen molar-refractivity contribution in [2.24, 2.45) is 5.14 Å². The molecule has 0 spiro atoms. The average molecular weight is 420 g/mol. The Hall–Kier alpha value is -2.36. The highest BCUT2D eigenvalue weighted by molar-refractivity contribution is 7.98. The third kappa shape index (κ3) is 4.06. The first-order chi connectivity index (χ1) is 13.2. The summed E-state index contributed by atoms with van der Waals surface area (Å²) in [5.41, 5.74) is 2.92. The standard InChI is InChI=1S/C19H21N3O4S2/c1-4-22-17-7-6-15(28(20,24)25)10-16(17)21-19(22)27-11-14-9-13(12(2)23)5-8-18(14)26-3/h5-10H,4,11H2,1-3H3,(H2,20,24,25). The number of imidazole rings is 1. The summed E-state index contributed by atoms with van der Waals surface area (Å²) in [5.74, 6) is 1.24. The van der Waals surface area contributed by atoms with Crippen LogP contribution in [0.15, 0.2) is 46.5 Å². The fraction of sp³-hybridized carbons (Fsp3) is 0.263. The van der Waals surface area contributed by atoms with Crippen molar-refractivity contribution in [2.75, 3.05) is 7.11 Å². The van der Waals surface area contributed by atoms with Gasteiger partial charge in [-0.05, 0) is 50.2 Å². The highest BCUT2D eigenvalue weighted by Gasteiger charge is 2.16. The first-order valence-corrected chi connectivity index (χ1v) is 11.1. The number of hydrogen-bond donors (Lipinski definition) is 1. The van der Waals surface area contributed by atoms with Gasteiger partial charge in [-0.3, -0.25) is 4.79 Å². The third-order valence-corrected chi connectivity index (χ3v) is 6.31. The second kappa shape index (κ2) is 7.94. The lowest BCUT2D eigenvalue weighted by Gasteiger charge is -2.10. The maximum Gasteiger partial charge on any atom is 0.238 e. The second-order valence-electron chi connectivity index (χ2n) is 6.21. The number of fused-ring (bicyclic) bond motifs is 1. The summed E-state index contributed by atoms with van der Waals surface area (Å²) in [5, 5.41) is 5.97. The molecule has 0 fully saturated rings. The number of rotatable bonds is 7. The molecule has 0 saturated heterocycles. The fourth-order valence-corrected chi connectivity index (χ4v) is 4.52. The van der Waals surface area contributed by atoms with Gasteiger partial charge in [0.25, 0.3) is 0 Å². The van der Waals surface area contributed by atoms with Crippen LogP contribution in [0.4, 0.5) is 0 Å². The number of Topliss-reactive ketones (excluding diaryl/α,β-unsaturated/α-hetero) is 1. The molecule has 0 bridgehead atoms. The zero-order chi connectivity index (χ0) is 20.5. The van der Waals surface area contributed by atoms with Crippen molar-refractivity contribution in [1.29, 1.82) is 0 Å². The van der Waals surface area contributed by atoms with Crippen LogP contribution in [0.5, 0.6) is 5.75 Å². The molecule has 7 nitrogen and oxygen atoms in total. The summed E-state index contributed by atoms with van der Waals surface area (Å²) < 4.78 is 30.6. The number of nitrogens with two attached hydrogens (primary N) is 1. The number of methoxy groups -OCH3 is 1. The predicted octanol–water partition coefficient (Wildman–Crippen LogP) is 3.21. The molecule has 2 aromatic carbocycles. The molecule has 3 rings (SSSR count). The molecule has 0 radical (unpaired) electrons. The maximum absolute atomic E-state index is 11.7. The topological polar surface area (TPSA) is 104 Å². The maximum atomic E-state index is 11.7. The molecule has 0 atom stereocenters. The van der Waals surface area contributed by atoms with Crippen LogP contribution in [-0.4, -0.2) is 30.9 Å². The Balaban J connectivity index is 1.96. The summed E-state index contributed by atoms with van der Waals surface area (Å²) in [6.07, 6.45) is 0. The molecule has 1 heterocycles. The Morgan fingerprint density at radius 1 is 1.25 bits per heavy atom. The Labute approximate surface area is 167 Å². The van der Waals surface area contributed by atoms with Crippen molar-refractivity contribution in [2.45, 2.75) is 36.2 Å². The van der Waals surface area contributed by atoms with Crippen LogP contribution >= 0.6 is 11.8 Å². The number of carbonyl (C=O) groups excluding carboxylic acids is 1. The van der Waals surface area contributed by atoms with Crippen molar-refractivity contribution in [3.8, 4) is 5.75 Å². The van der Waals surface area contributed by atoms with Crippen molar-refractivity contribution < 1.29 is 17.9 Å². The van der Waals surface area contributed by atoms with Crippen LogP contribution in [0.3, 0.4) is 0 Å². The van der Waals surface area contributed by atoms with Crippen LogP contribution in [-0.2, 0) is 22.3 Å². The number of aryl methyl sites for hydroxylation is 1. The first kappa shape index (κ1) is 20.4. The van der Waals surface area contributed by atoms with Crippen molar-refractivity contribution in [3.63, 3.8) is 0 Å².